The monoisotopic (exact) mass is 258 g/mol. The van der Waals surface area contributed by atoms with Crippen LogP contribution in [0.3, 0.4) is 0 Å². The first-order valence-corrected chi connectivity index (χ1v) is 6.56. The molecule has 18 heavy (non-hydrogen) atoms. The summed E-state index contributed by atoms with van der Waals surface area (Å²) in [4.78, 5) is 2.15. The van der Waals surface area contributed by atoms with Gasteiger partial charge in [0, 0.05) is 11.3 Å². The molecule has 0 unspecified atom stereocenters. The van der Waals surface area contributed by atoms with Gasteiger partial charge < -0.3 is 9.84 Å². The number of benzene rings is 1. The number of para-hydroxylation sites is 1. The lowest BCUT2D eigenvalue weighted by Crippen LogP contribution is -1.91. The summed E-state index contributed by atoms with van der Waals surface area (Å²) < 4.78 is 5.65. The van der Waals surface area contributed by atoms with Gasteiger partial charge in [-0.2, -0.15) is 0 Å². The molecule has 0 radical (unpaired) electrons. The Morgan fingerprint density at radius 2 is 1.94 bits per heavy atom. The number of aliphatic hydroxyl groups excluding tert-OH is 1. The van der Waals surface area contributed by atoms with Gasteiger partial charge in [0.2, 0.25) is 0 Å². The van der Waals surface area contributed by atoms with Crippen LogP contribution in [0.15, 0.2) is 42.5 Å². The van der Waals surface area contributed by atoms with E-state index in [4.69, 9.17) is 9.84 Å². The third-order valence-corrected chi connectivity index (χ3v) is 3.21. The van der Waals surface area contributed by atoms with E-state index in [9.17, 15) is 0 Å². The molecule has 92 valence electrons. The molecular weight excluding hydrogens is 244 g/mol. The van der Waals surface area contributed by atoms with Crippen molar-refractivity contribution in [3.05, 3.63) is 52.2 Å². The second-order valence-electron chi connectivity index (χ2n) is 3.64. The minimum atomic E-state index is 0.113. The van der Waals surface area contributed by atoms with Crippen molar-refractivity contribution in [1.82, 2.24) is 0 Å². The van der Waals surface area contributed by atoms with Crippen molar-refractivity contribution in [2.24, 2.45) is 0 Å². The Labute approximate surface area is 111 Å². The van der Waals surface area contributed by atoms with Crippen LogP contribution in [0, 0.1) is 11.8 Å². The Bertz CT molecular complexity index is 534. The van der Waals surface area contributed by atoms with Gasteiger partial charge in [0.05, 0.1) is 11.5 Å². The van der Waals surface area contributed by atoms with Crippen LogP contribution in [0.2, 0.25) is 0 Å². The molecule has 1 heterocycles. The number of rotatable bonds is 4. The van der Waals surface area contributed by atoms with Gasteiger partial charge in [0.25, 0.3) is 0 Å². The Balaban J connectivity index is 1.90. The van der Waals surface area contributed by atoms with Crippen molar-refractivity contribution in [1.29, 1.82) is 0 Å². The first kappa shape index (κ1) is 12.7. The van der Waals surface area contributed by atoms with Crippen molar-refractivity contribution >= 4 is 11.3 Å². The maximum absolute atomic E-state index is 8.64. The van der Waals surface area contributed by atoms with E-state index in [0.717, 1.165) is 15.5 Å². The van der Waals surface area contributed by atoms with Gasteiger partial charge in [0.1, 0.15) is 12.4 Å². The summed E-state index contributed by atoms with van der Waals surface area (Å²) in [5, 5.41) is 8.64. The molecule has 0 saturated carbocycles. The highest BCUT2D eigenvalue weighted by atomic mass is 32.1. The number of hydrogen-bond donors (Lipinski definition) is 1. The quantitative estimate of drug-likeness (QED) is 0.854. The summed E-state index contributed by atoms with van der Waals surface area (Å²) >= 11 is 1.62. The van der Waals surface area contributed by atoms with Gasteiger partial charge in [-0.25, -0.2) is 0 Å². The predicted octanol–water partition coefficient (Wildman–Crippen LogP) is 3.06. The molecule has 0 aliphatic heterocycles. The van der Waals surface area contributed by atoms with E-state index in [1.54, 1.807) is 11.3 Å². The Hall–Kier alpha value is -1.76. The molecular formula is C15H14O2S. The molecule has 2 nitrogen and oxygen atoms in total. The van der Waals surface area contributed by atoms with Crippen LogP contribution < -0.4 is 4.74 Å². The number of hydrogen-bond acceptors (Lipinski definition) is 3. The minimum absolute atomic E-state index is 0.113. The van der Waals surface area contributed by atoms with Crippen molar-refractivity contribution in [3.63, 3.8) is 0 Å². The van der Waals surface area contributed by atoms with Gasteiger partial charge >= 0.3 is 0 Å². The fourth-order valence-electron chi connectivity index (χ4n) is 1.40. The lowest BCUT2D eigenvalue weighted by Gasteiger charge is -2.02. The molecule has 0 saturated heterocycles. The van der Waals surface area contributed by atoms with Crippen LogP contribution in [-0.4, -0.2) is 11.7 Å². The molecule has 3 heteroatoms. The SMILES string of the molecule is OCCC#Cc1ccc(COc2ccccc2)s1. The molecule has 1 aromatic heterocycles. The summed E-state index contributed by atoms with van der Waals surface area (Å²) in [7, 11) is 0. The van der Waals surface area contributed by atoms with E-state index >= 15 is 0 Å². The van der Waals surface area contributed by atoms with Crippen LogP contribution in [0.5, 0.6) is 5.75 Å². The fraction of sp³-hybridized carbons (Fsp3) is 0.200. The molecule has 1 aromatic carbocycles. The molecule has 0 aliphatic carbocycles. The van der Waals surface area contributed by atoms with Gasteiger partial charge in [-0.1, -0.05) is 30.0 Å². The molecule has 0 amide bonds. The zero-order valence-corrected chi connectivity index (χ0v) is 10.7. The smallest absolute Gasteiger partial charge is 0.122 e. The summed E-state index contributed by atoms with van der Waals surface area (Å²) in [6, 6.07) is 13.8. The third kappa shape index (κ3) is 3.92. The normalized spacial score (nSPS) is 9.61. The van der Waals surface area contributed by atoms with Crippen LogP contribution in [-0.2, 0) is 6.61 Å². The van der Waals surface area contributed by atoms with Gasteiger partial charge in [0.15, 0.2) is 0 Å². The predicted molar refractivity (Wildman–Crippen MR) is 73.7 cm³/mol. The highest BCUT2D eigenvalue weighted by Gasteiger charge is 1.99. The van der Waals surface area contributed by atoms with Gasteiger partial charge in [-0.05, 0) is 24.3 Å². The van der Waals surface area contributed by atoms with Crippen LogP contribution in [0.4, 0.5) is 0 Å². The van der Waals surface area contributed by atoms with Crippen molar-refractivity contribution in [2.75, 3.05) is 6.61 Å². The van der Waals surface area contributed by atoms with Crippen molar-refractivity contribution < 1.29 is 9.84 Å². The Morgan fingerprint density at radius 3 is 2.72 bits per heavy atom. The lowest BCUT2D eigenvalue weighted by molar-refractivity contribution is 0.305. The summed E-state index contributed by atoms with van der Waals surface area (Å²) in [6.45, 7) is 0.679. The van der Waals surface area contributed by atoms with Gasteiger partial charge in [-0.15, -0.1) is 11.3 Å². The second-order valence-corrected chi connectivity index (χ2v) is 4.81. The highest BCUT2D eigenvalue weighted by Crippen LogP contribution is 2.18. The molecule has 2 aromatic rings. The van der Waals surface area contributed by atoms with Crippen LogP contribution in [0.1, 0.15) is 16.2 Å². The summed E-state index contributed by atoms with van der Waals surface area (Å²) in [5.74, 6) is 6.80. The van der Waals surface area contributed by atoms with E-state index in [-0.39, 0.29) is 6.61 Å². The van der Waals surface area contributed by atoms with E-state index in [1.165, 1.54) is 0 Å². The van der Waals surface area contributed by atoms with Crippen LogP contribution >= 0.6 is 11.3 Å². The number of thiophene rings is 1. The minimum Gasteiger partial charge on any atom is -0.488 e. The first-order chi connectivity index (χ1) is 8.88. The lowest BCUT2D eigenvalue weighted by atomic mass is 10.3. The maximum Gasteiger partial charge on any atom is 0.122 e. The van der Waals surface area contributed by atoms with Crippen molar-refractivity contribution in [3.8, 4) is 17.6 Å². The average molecular weight is 258 g/mol. The van der Waals surface area contributed by atoms with Crippen molar-refractivity contribution in [2.45, 2.75) is 13.0 Å². The van der Waals surface area contributed by atoms with E-state index in [0.29, 0.717) is 13.0 Å². The highest BCUT2D eigenvalue weighted by molar-refractivity contribution is 7.12. The molecule has 0 atom stereocenters. The molecule has 0 fully saturated rings. The molecule has 1 N–H and O–H groups in total. The molecule has 0 aliphatic rings. The zero-order valence-electron chi connectivity index (χ0n) is 9.93. The third-order valence-electron chi connectivity index (χ3n) is 2.23. The topological polar surface area (TPSA) is 29.5 Å². The van der Waals surface area contributed by atoms with Crippen LogP contribution in [0.25, 0.3) is 0 Å². The standard InChI is InChI=1S/C15H14O2S/c16-11-5-4-8-14-9-10-15(18-14)12-17-13-6-2-1-3-7-13/h1-3,6-7,9-10,16H,5,11-12H2. The Kier molecular flexibility index (Phi) is 4.83. The van der Waals surface area contributed by atoms with E-state index < -0.39 is 0 Å². The largest absolute Gasteiger partial charge is 0.488 e. The summed E-state index contributed by atoms with van der Waals surface area (Å²) in [5.41, 5.74) is 0. The van der Waals surface area contributed by atoms with Gasteiger partial charge in [-0.3, -0.25) is 0 Å². The number of aliphatic hydroxyl groups is 1. The molecule has 2 rings (SSSR count). The van der Waals surface area contributed by atoms with E-state index in [2.05, 4.69) is 11.8 Å². The maximum atomic E-state index is 8.64. The van der Waals surface area contributed by atoms with E-state index in [1.807, 2.05) is 42.5 Å². The second kappa shape index (κ2) is 6.85. The molecule has 0 bridgehead atoms. The number of ether oxygens (including phenoxy) is 1. The molecule has 0 spiro atoms. The fourth-order valence-corrected chi connectivity index (χ4v) is 2.20. The first-order valence-electron chi connectivity index (χ1n) is 5.75. The zero-order chi connectivity index (χ0) is 12.6. The summed E-state index contributed by atoms with van der Waals surface area (Å²) in [6.07, 6.45) is 0.522. The Morgan fingerprint density at radius 1 is 1.11 bits per heavy atom. The average Bonchev–Trinajstić information content (AvgIpc) is 2.86.